The number of aromatic amines is 1. The minimum Gasteiger partial charge on any atom is -0.384 e. The molecule has 2 aromatic heterocycles. The summed E-state index contributed by atoms with van der Waals surface area (Å²) in [6.45, 7) is 0.593. The lowest BCUT2D eigenvalue weighted by atomic mass is 10.3. The number of nitrogens with two attached hydrogens (primary N) is 1. The number of rotatable bonds is 4. The molecule has 2 heterocycles. The molecule has 0 aliphatic rings. The van der Waals surface area contributed by atoms with Gasteiger partial charge in [0.05, 0.1) is 12.0 Å². The molecule has 0 atom stereocenters. The van der Waals surface area contributed by atoms with Gasteiger partial charge in [-0.3, -0.25) is 0 Å². The van der Waals surface area contributed by atoms with Gasteiger partial charge in [-0.25, -0.2) is 15.8 Å². The molecule has 0 radical (unpaired) electrons. The summed E-state index contributed by atoms with van der Waals surface area (Å²) < 4.78 is 4.97. The van der Waals surface area contributed by atoms with E-state index in [1.54, 1.807) is 13.3 Å². The third-order valence-corrected chi connectivity index (χ3v) is 2.13. The lowest BCUT2D eigenvalue weighted by molar-refractivity contribution is 0.200. The molecule has 2 aromatic rings. The van der Waals surface area contributed by atoms with Crippen LogP contribution in [0.25, 0.3) is 11.0 Å². The van der Waals surface area contributed by atoms with Crippen molar-refractivity contribution in [2.45, 2.75) is 6.42 Å². The van der Waals surface area contributed by atoms with Crippen molar-refractivity contribution in [3.8, 4) is 0 Å². The molecule has 0 spiro atoms. The Bertz CT molecular complexity index is 453. The summed E-state index contributed by atoms with van der Waals surface area (Å²) in [6, 6.07) is 1.88. The van der Waals surface area contributed by atoms with Crippen molar-refractivity contribution in [2.75, 3.05) is 19.1 Å². The predicted molar refractivity (Wildman–Crippen MR) is 57.3 cm³/mol. The topological polar surface area (TPSA) is 88.9 Å². The molecule has 6 nitrogen and oxygen atoms in total. The van der Waals surface area contributed by atoms with Crippen LogP contribution in [-0.4, -0.2) is 28.7 Å². The van der Waals surface area contributed by atoms with E-state index in [1.807, 2.05) is 6.07 Å². The fourth-order valence-electron chi connectivity index (χ4n) is 1.40. The molecule has 0 saturated carbocycles. The number of H-pyrrole nitrogens is 1. The highest BCUT2D eigenvalue weighted by atomic mass is 16.5. The molecule has 4 N–H and O–H groups in total. The summed E-state index contributed by atoms with van der Waals surface area (Å²) in [5, 5.41) is 0.888. The maximum Gasteiger partial charge on any atom is 0.153 e. The van der Waals surface area contributed by atoms with Crippen molar-refractivity contribution in [3.05, 3.63) is 18.1 Å². The number of nitrogens with one attached hydrogen (secondary N) is 2. The average Bonchev–Trinajstić information content (AvgIpc) is 2.73. The van der Waals surface area contributed by atoms with Crippen LogP contribution < -0.4 is 11.3 Å². The van der Waals surface area contributed by atoms with Crippen LogP contribution in [0.15, 0.2) is 12.3 Å². The number of ether oxygens (including phenoxy) is 1. The normalized spacial score (nSPS) is 10.8. The van der Waals surface area contributed by atoms with Crippen molar-refractivity contribution in [2.24, 2.45) is 5.84 Å². The molecule has 0 bridgehead atoms. The molecule has 0 unspecified atom stereocenters. The van der Waals surface area contributed by atoms with Gasteiger partial charge in [0, 0.05) is 19.7 Å². The summed E-state index contributed by atoms with van der Waals surface area (Å²) in [5.74, 6) is 6.73. The number of hydrogen-bond acceptors (Lipinski definition) is 5. The summed E-state index contributed by atoms with van der Waals surface area (Å²) in [4.78, 5) is 11.6. The predicted octanol–water partition coefficient (Wildman–Crippen LogP) is 0.432. The van der Waals surface area contributed by atoms with Crippen LogP contribution in [0.1, 0.15) is 5.82 Å². The summed E-state index contributed by atoms with van der Waals surface area (Å²) in [7, 11) is 1.65. The van der Waals surface area contributed by atoms with Gasteiger partial charge in [0.15, 0.2) is 5.82 Å². The van der Waals surface area contributed by atoms with Gasteiger partial charge in [0.1, 0.15) is 11.5 Å². The molecule has 0 fully saturated rings. The monoisotopic (exact) mass is 207 g/mol. The van der Waals surface area contributed by atoms with Crippen molar-refractivity contribution in [1.82, 2.24) is 15.0 Å². The first kappa shape index (κ1) is 9.88. The van der Waals surface area contributed by atoms with Crippen molar-refractivity contribution < 1.29 is 4.74 Å². The number of hydrazine groups is 1. The first-order valence-corrected chi connectivity index (χ1v) is 4.64. The van der Waals surface area contributed by atoms with Crippen molar-refractivity contribution in [1.29, 1.82) is 0 Å². The maximum atomic E-state index is 5.39. The van der Waals surface area contributed by atoms with Gasteiger partial charge in [0.2, 0.25) is 0 Å². The zero-order valence-electron chi connectivity index (χ0n) is 8.45. The lowest BCUT2D eigenvalue weighted by Gasteiger charge is -2.04. The molecule has 6 heteroatoms. The van der Waals surface area contributed by atoms with E-state index in [0.29, 0.717) is 24.7 Å². The Balaban J connectivity index is 2.40. The van der Waals surface area contributed by atoms with Gasteiger partial charge in [-0.1, -0.05) is 0 Å². The van der Waals surface area contributed by atoms with Crippen LogP contribution in [0.2, 0.25) is 0 Å². The molecular weight excluding hydrogens is 194 g/mol. The Hall–Kier alpha value is -1.66. The Kier molecular flexibility index (Phi) is 2.79. The molecule has 0 aliphatic carbocycles. The molecule has 80 valence electrons. The van der Waals surface area contributed by atoms with Crippen LogP contribution in [0.4, 0.5) is 5.82 Å². The number of nitrogen functional groups attached to an aromatic ring is 1. The largest absolute Gasteiger partial charge is 0.384 e. The lowest BCUT2D eigenvalue weighted by Crippen LogP contribution is -2.11. The van der Waals surface area contributed by atoms with E-state index in [0.717, 1.165) is 11.0 Å². The third kappa shape index (κ3) is 1.90. The second kappa shape index (κ2) is 4.24. The van der Waals surface area contributed by atoms with E-state index in [4.69, 9.17) is 10.6 Å². The number of aromatic nitrogens is 3. The van der Waals surface area contributed by atoms with Gasteiger partial charge in [0.25, 0.3) is 0 Å². The van der Waals surface area contributed by atoms with Gasteiger partial charge < -0.3 is 15.1 Å². The average molecular weight is 207 g/mol. The molecule has 0 saturated heterocycles. The summed E-state index contributed by atoms with van der Waals surface area (Å²) >= 11 is 0. The van der Waals surface area contributed by atoms with E-state index in [9.17, 15) is 0 Å². The van der Waals surface area contributed by atoms with Crippen LogP contribution in [-0.2, 0) is 11.2 Å². The zero-order valence-corrected chi connectivity index (χ0v) is 8.45. The third-order valence-electron chi connectivity index (χ3n) is 2.13. The second-order valence-electron chi connectivity index (χ2n) is 3.12. The highest BCUT2D eigenvalue weighted by Crippen LogP contribution is 2.17. The maximum absolute atomic E-state index is 5.39. The first-order chi connectivity index (χ1) is 7.35. The molecule has 0 aromatic carbocycles. The van der Waals surface area contributed by atoms with E-state index in [1.165, 1.54) is 0 Å². The standard InChI is InChI=1S/C9H13N5O/c1-15-5-3-7-12-8-6(2-4-11-8)9(13-7)14-10/h2,4H,3,5,10H2,1H3,(H2,11,12,13,14). The van der Waals surface area contributed by atoms with E-state index >= 15 is 0 Å². The Labute approximate surface area is 86.8 Å². The Morgan fingerprint density at radius 3 is 3.13 bits per heavy atom. The molecule has 0 amide bonds. The van der Waals surface area contributed by atoms with Gasteiger partial charge >= 0.3 is 0 Å². The number of hydrogen-bond donors (Lipinski definition) is 3. The number of methoxy groups -OCH3 is 1. The van der Waals surface area contributed by atoms with Crippen LogP contribution in [0, 0.1) is 0 Å². The highest BCUT2D eigenvalue weighted by Gasteiger charge is 2.06. The molecule has 2 rings (SSSR count). The highest BCUT2D eigenvalue weighted by molar-refractivity contribution is 5.86. The van der Waals surface area contributed by atoms with Crippen molar-refractivity contribution in [3.63, 3.8) is 0 Å². The van der Waals surface area contributed by atoms with Crippen molar-refractivity contribution >= 4 is 16.9 Å². The van der Waals surface area contributed by atoms with Gasteiger partial charge in [-0.05, 0) is 6.07 Å². The quantitative estimate of drug-likeness (QED) is 0.500. The minimum absolute atomic E-state index is 0.593. The smallest absolute Gasteiger partial charge is 0.153 e. The fourth-order valence-corrected chi connectivity index (χ4v) is 1.40. The number of anilines is 1. The molecular formula is C9H13N5O. The number of fused-ring (bicyclic) bond motifs is 1. The van der Waals surface area contributed by atoms with Crippen LogP contribution >= 0.6 is 0 Å². The summed E-state index contributed by atoms with van der Waals surface area (Å²) in [5.41, 5.74) is 3.34. The molecule has 0 aliphatic heterocycles. The zero-order chi connectivity index (χ0) is 10.7. The first-order valence-electron chi connectivity index (χ1n) is 4.64. The Morgan fingerprint density at radius 2 is 2.40 bits per heavy atom. The Morgan fingerprint density at radius 1 is 1.53 bits per heavy atom. The van der Waals surface area contributed by atoms with E-state index in [-0.39, 0.29) is 0 Å². The van der Waals surface area contributed by atoms with Crippen LogP contribution in [0.5, 0.6) is 0 Å². The van der Waals surface area contributed by atoms with Crippen LogP contribution in [0.3, 0.4) is 0 Å². The second-order valence-corrected chi connectivity index (χ2v) is 3.12. The van der Waals surface area contributed by atoms with E-state index in [2.05, 4.69) is 20.4 Å². The van der Waals surface area contributed by atoms with Gasteiger partial charge in [-0.15, -0.1) is 0 Å². The number of nitrogens with zero attached hydrogens (tertiary/aromatic N) is 2. The van der Waals surface area contributed by atoms with E-state index < -0.39 is 0 Å². The fraction of sp³-hybridized carbons (Fsp3) is 0.333. The summed E-state index contributed by atoms with van der Waals surface area (Å²) in [6.07, 6.45) is 2.47. The minimum atomic E-state index is 0.593. The molecule has 15 heavy (non-hydrogen) atoms. The SMILES string of the molecule is COCCc1nc(NN)c2cc[nH]c2n1. The van der Waals surface area contributed by atoms with Gasteiger partial charge in [-0.2, -0.15) is 0 Å².